The van der Waals surface area contributed by atoms with E-state index in [0.29, 0.717) is 13.0 Å². The Bertz CT molecular complexity index is 530. The van der Waals surface area contributed by atoms with Crippen LogP contribution in [0.2, 0.25) is 0 Å². The molecule has 1 aromatic carbocycles. The summed E-state index contributed by atoms with van der Waals surface area (Å²) in [4.78, 5) is 22.4. The number of hydrogen-bond acceptors (Lipinski definition) is 2. The second kappa shape index (κ2) is 7.06. The van der Waals surface area contributed by atoms with Crippen LogP contribution in [0.5, 0.6) is 0 Å². The van der Waals surface area contributed by atoms with Gasteiger partial charge >= 0.3 is 12.0 Å². The molecule has 2 amide bonds. The fraction of sp³-hybridized carbons (Fsp3) is 0.467. The van der Waals surface area contributed by atoms with Gasteiger partial charge in [0.2, 0.25) is 0 Å². The van der Waals surface area contributed by atoms with Crippen molar-refractivity contribution in [3.8, 4) is 0 Å². The van der Waals surface area contributed by atoms with Crippen LogP contribution in [0.4, 0.5) is 9.18 Å². The minimum atomic E-state index is -0.970. The third kappa shape index (κ3) is 6.25. The Morgan fingerprint density at radius 2 is 2.00 bits per heavy atom. The van der Waals surface area contributed by atoms with Gasteiger partial charge in [-0.3, -0.25) is 4.79 Å². The number of carbonyl (C=O) groups is 2. The highest BCUT2D eigenvalue weighted by atomic mass is 19.1. The molecular formula is C15H21FN2O3. The number of amides is 2. The molecule has 0 aliphatic carbocycles. The number of carbonyl (C=O) groups excluding carboxylic acids is 1. The molecule has 5 nitrogen and oxygen atoms in total. The molecular weight excluding hydrogens is 275 g/mol. The fourth-order valence-electron chi connectivity index (χ4n) is 2.02. The summed E-state index contributed by atoms with van der Waals surface area (Å²) in [6.07, 6.45) is 0.427. The van der Waals surface area contributed by atoms with E-state index in [1.54, 1.807) is 19.9 Å². The van der Waals surface area contributed by atoms with E-state index < -0.39 is 17.5 Å². The van der Waals surface area contributed by atoms with Crippen molar-refractivity contribution in [1.29, 1.82) is 0 Å². The lowest BCUT2D eigenvalue weighted by molar-refractivity contribution is -0.138. The molecule has 0 bridgehead atoms. The zero-order valence-electron chi connectivity index (χ0n) is 12.5. The minimum absolute atomic E-state index is 0.155. The second-order valence-electron chi connectivity index (χ2n) is 5.66. The Morgan fingerprint density at radius 1 is 1.33 bits per heavy atom. The number of rotatable bonds is 6. The van der Waals surface area contributed by atoms with E-state index in [9.17, 15) is 14.0 Å². The summed E-state index contributed by atoms with van der Waals surface area (Å²) >= 11 is 0. The smallest absolute Gasteiger partial charge is 0.315 e. The highest BCUT2D eigenvalue weighted by Gasteiger charge is 2.23. The van der Waals surface area contributed by atoms with Gasteiger partial charge in [-0.05, 0) is 50.5 Å². The molecule has 3 N–H and O–H groups in total. The van der Waals surface area contributed by atoms with E-state index in [4.69, 9.17) is 5.11 Å². The van der Waals surface area contributed by atoms with Gasteiger partial charge in [-0.15, -0.1) is 0 Å². The van der Waals surface area contributed by atoms with E-state index in [1.165, 1.54) is 12.1 Å². The van der Waals surface area contributed by atoms with Crippen LogP contribution in [0.1, 0.15) is 31.4 Å². The summed E-state index contributed by atoms with van der Waals surface area (Å²) in [6, 6.07) is 4.11. The molecule has 0 aliphatic heterocycles. The van der Waals surface area contributed by atoms with Crippen LogP contribution < -0.4 is 10.6 Å². The lowest BCUT2D eigenvalue weighted by atomic mass is 10.0. The van der Waals surface area contributed by atoms with Gasteiger partial charge in [0.1, 0.15) is 5.82 Å². The molecule has 116 valence electrons. The number of aryl methyl sites for hydroxylation is 1. The number of nitrogens with one attached hydrogen (secondary N) is 2. The molecule has 0 heterocycles. The normalized spacial score (nSPS) is 11.0. The predicted molar refractivity (Wildman–Crippen MR) is 77.7 cm³/mol. The summed E-state index contributed by atoms with van der Waals surface area (Å²) in [5, 5.41) is 14.0. The van der Waals surface area contributed by atoms with E-state index in [2.05, 4.69) is 10.6 Å². The largest absolute Gasteiger partial charge is 0.481 e. The Morgan fingerprint density at radius 3 is 2.57 bits per heavy atom. The molecule has 1 aromatic rings. The minimum Gasteiger partial charge on any atom is -0.481 e. The quantitative estimate of drug-likeness (QED) is 0.753. The number of benzene rings is 1. The lowest BCUT2D eigenvalue weighted by Crippen LogP contribution is -2.49. The highest BCUT2D eigenvalue weighted by Crippen LogP contribution is 2.10. The van der Waals surface area contributed by atoms with Gasteiger partial charge in [0.25, 0.3) is 0 Å². The average molecular weight is 296 g/mol. The van der Waals surface area contributed by atoms with E-state index >= 15 is 0 Å². The lowest BCUT2D eigenvalue weighted by Gasteiger charge is -2.24. The molecule has 0 saturated heterocycles. The zero-order chi connectivity index (χ0) is 16.0. The topological polar surface area (TPSA) is 78.4 Å². The molecule has 0 aromatic heterocycles. The van der Waals surface area contributed by atoms with Gasteiger partial charge in [-0.25, -0.2) is 9.18 Å². The zero-order valence-corrected chi connectivity index (χ0v) is 12.5. The number of aliphatic carboxylic acids is 1. The van der Waals surface area contributed by atoms with Crippen molar-refractivity contribution in [2.24, 2.45) is 0 Å². The predicted octanol–water partition coefficient (Wildman–Crippen LogP) is 2.23. The van der Waals surface area contributed by atoms with Crippen LogP contribution >= 0.6 is 0 Å². The van der Waals surface area contributed by atoms with Crippen molar-refractivity contribution in [3.63, 3.8) is 0 Å². The summed E-state index contributed by atoms with van der Waals surface area (Å²) in [6.45, 7) is 5.49. The van der Waals surface area contributed by atoms with Crippen LogP contribution in [0.3, 0.4) is 0 Å². The Labute approximate surface area is 123 Å². The van der Waals surface area contributed by atoms with Crippen LogP contribution in [0, 0.1) is 12.7 Å². The van der Waals surface area contributed by atoms with Gasteiger partial charge in [-0.1, -0.05) is 6.07 Å². The van der Waals surface area contributed by atoms with E-state index in [1.807, 2.05) is 6.92 Å². The van der Waals surface area contributed by atoms with E-state index in [-0.39, 0.29) is 12.2 Å². The van der Waals surface area contributed by atoms with Crippen molar-refractivity contribution in [2.45, 2.75) is 39.2 Å². The molecule has 1 rings (SSSR count). The maximum absolute atomic E-state index is 13.0. The first-order valence-electron chi connectivity index (χ1n) is 6.72. The van der Waals surface area contributed by atoms with Gasteiger partial charge in [0.05, 0.1) is 6.42 Å². The van der Waals surface area contributed by atoms with Crippen molar-refractivity contribution in [1.82, 2.24) is 10.6 Å². The summed E-state index contributed by atoms with van der Waals surface area (Å²) in [7, 11) is 0. The average Bonchev–Trinajstić information content (AvgIpc) is 2.29. The van der Waals surface area contributed by atoms with Gasteiger partial charge < -0.3 is 15.7 Å². The number of carboxylic acid groups (broad SMARTS) is 1. The Hall–Kier alpha value is -2.11. The summed E-state index contributed by atoms with van der Waals surface area (Å²) in [5.41, 5.74) is 0.978. The standard InChI is InChI=1S/C15H21FN2O3/c1-10-8-12(16)5-4-11(10)6-7-17-14(21)18-15(2,3)9-13(19)20/h4-5,8H,6-7,9H2,1-3H3,(H,19,20)(H2,17,18,21). The second-order valence-corrected chi connectivity index (χ2v) is 5.66. The van der Waals surface area contributed by atoms with E-state index in [0.717, 1.165) is 11.1 Å². The van der Waals surface area contributed by atoms with Crippen LogP contribution in [-0.4, -0.2) is 29.2 Å². The molecule has 0 aliphatic rings. The molecule has 0 atom stereocenters. The van der Waals surface area contributed by atoms with Crippen LogP contribution in [-0.2, 0) is 11.2 Å². The third-order valence-electron chi connectivity index (χ3n) is 3.03. The van der Waals surface area contributed by atoms with Crippen LogP contribution in [0.15, 0.2) is 18.2 Å². The summed E-state index contributed by atoms with van der Waals surface area (Å²) in [5.74, 6) is -1.25. The maximum atomic E-state index is 13.0. The number of urea groups is 1. The van der Waals surface area contributed by atoms with Crippen molar-refractivity contribution >= 4 is 12.0 Å². The molecule has 0 radical (unpaired) electrons. The molecule has 0 unspecified atom stereocenters. The van der Waals surface area contributed by atoms with Crippen molar-refractivity contribution < 1.29 is 19.1 Å². The molecule has 0 saturated carbocycles. The fourth-order valence-corrected chi connectivity index (χ4v) is 2.02. The highest BCUT2D eigenvalue weighted by molar-refractivity contribution is 5.76. The van der Waals surface area contributed by atoms with Gasteiger partial charge in [-0.2, -0.15) is 0 Å². The van der Waals surface area contributed by atoms with Gasteiger partial charge in [0.15, 0.2) is 0 Å². The third-order valence-corrected chi connectivity index (χ3v) is 3.03. The van der Waals surface area contributed by atoms with Crippen molar-refractivity contribution in [3.05, 3.63) is 35.1 Å². The van der Waals surface area contributed by atoms with Gasteiger partial charge in [0, 0.05) is 12.1 Å². The Balaban J connectivity index is 2.41. The van der Waals surface area contributed by atoms with Crippen molar-refractivity contribution in [2.75, 3.05) is 6.54 Å². The molecule has 0 fully saturated rings. The first kappa shape index (κ1) is 16.9. The maximum Gasteiger partial charge on any atom is 0.315 e. The number of halogens is 1. The number of carboxylic acids is 1. The monoisotopic (exact) mass is 296 g/mol. The molecule has 6 heteroatoms. The first-order chi connectivity index (χ1) is 9.69. The first-order valence-corrected chi connectivity index (χ1v) is 6.72. The number of hydrogen-bond donors (Lipinski definition) is 3. The molecule has 0 spiro atoms. The SMILES string of the molecule is Cc1cc(F)ccc1CCNC(=O)NC(C)(C)CC(=O)O. The summed E-state index contributed by atoms with van der Waals surface area (Å²) < 4.78 is 13.0. The van der Waals surface area contributed by atoms with Crippen LogP contribution in [0.25, 0.3) is 0 Å². The molecule has 21 heavy (non-hydrogen) atoms. The Kier molecular flexibility index (Phi) is 5.69.